The fourth-order valence-corrected chi connectivity index (χ4v) is 2.26. The lowest BCUT2D eigenvalue weighted by molar-refractivity contribution is 0.0910. The molecule has 2 rings (SSSR count). The molecule has 5 heteroatoms. The third-order valence-electron chi connectivity index (χ3n) is 2.63. The quantitative estimate of drug-likeness (QED) is 0.855. The largest absolute Gasteiger partial charge is 0.349 e. The van der Waals surface area contributed by atoms with Gasteiger partial charge in [0.05, 0.1) is 0 Å². The number of rotatable bonds is 2. The minimum atomic E-state index is -0.152. The molecule has 1 fully saturated rings. The highest BCUT2D eigenvalue weighted by atomic mass is 35.5. The van der Waals surface area contributed by atoms with Crippen molar-refractivity contribution in [3.05, 3.63) is 33.8 Å². The van der Waals surface area contributed by atoms with Gasteiger partial charge in [-0.2, -0.15) is 0 Å². The van der Waals surface area contributed by atoms with Crippen LogP contribution in [0.25, 0.3) is 0 Å². The van der Waals surface area contributed by atoms with Gasteiger partial charge in [0, 0.05) is 27.7 Å². The number of carbonyl (C=O) groups excluding carboxylic acids is 1. The fraction of sp³-hybridized carbons (Fsp3) is 0.364. The van der Waals surface area contributed by atoms with Gasteiger partial charge in [0.15, 0.2) is 0 Å². The Morgan fingerprint density at radius 2 is 1.81 bits per heavy atom. The molecule has 3 N–H and O–H groups in total. The summed E-state index contributed by atoms with van der Waals surface area (Å²) in [5.74, 6) is -0.152. The van der Waals surface area contributed by atoms with Crippen LogP contribution in [0.5, 0.6) is 0 Å². The van der Waals surface area contributed by atoms with Crippen LogP contribution in [-0.2, 0) is 0 Å². The van der Waals surface area contributed by atoms with Gasteiger partial charge in [-0.15, -0.1) is 0 Å². The number of nitrogens with two attached hydrogens (primary N) is 1. The van der Waals surface area contributed by atoms with Crippen molar-refractivity contribution in [1.82, 2.24) is 5.32 Å². The molecule has 3 nitrogen and oxygen atoms in total. The lowest BCUT2D eigenvalue weighted by atomic mass is 9.87. The molecule has 86 valence electrons. The number of hydrogen-bond donors (Lipinski definition) is 2. The van der Waals surface area contributed by atoms with Gasteiger partial charge in [0.1, 0.15) is 0 Å². The Bertz CT molecular complexity index is 396. The third kappa shape index (κ3) is 2.67. The molecule has 0 aromatic heterocycles. The number of benzene rings is 1. The number of hydrogen-bond acceptors (Lipinski definition) is 2. The van der Waals surface area contributed by atoms with E-state index in [2.05, 4.69) is 5.32 Å². The Morgan fingerprint density at radius 3 is 2.31 bits per heavy atom. The third-order valence-corrected chi connectivity index (χ3v) is 3.07. The summed E-state index contributed by atoms with van der Waals surface area (Å²) in [6, 6.07) is 5.19. The first kappa shape index (κ1) is 11.7. The molecule has 0 spiro atoms. The predicted molar refractivity (Wildman–Crippen MR) is 64.9 cm³/mol. The van der Waals surface area contributed by atoms with Crippen LogP contribution in [0.3, 0.4) is 0 Å². The molecule has 0 radical (unpaired) electrons. The molecular formula is C11H12Cl2N2O. The van der Waals surface area contributed by atoms with E-state index in [0.29, 0.717) is 15.6 Å². The minimum absolute atomic E-state index is 0.152. The van der Waals surface area contributed by atoms with Crippen LogP contribution in [0.2, 0.25) is 10.0 Å². The van der Waals surface area contributed by atoms with Gasteiger partial charge in [-0.25, -0.2) is 0 Å². The Balaban J connectivity index is 2.03. The molecule has 1 aliphatic carbocycles. The van der Waals surface area contributed by atoms with Crippen LogP contribution in [0.4, 0.5) is 0 Å². The van der Waals surface area contributed by atoms with E-state index in [0.717, 1.165) is 12.8 Å². The van der Waals surface area contributed by atoms with Gasteiger partial charge in [-0.05, 0) is 31.0 Å². The topological polar surface area (TPSA) is 55.1 Å². The van der Waals surface area contributed by atoms with Gasteiger partial charge in [-0.1, -0.05) is 23.2 Å². The van der Waals surface area contributed by atoms with Crippen LogP contribution in [0.15, 0.2) is 18.2 Å². The van der Waals surface area contributed by atoms with Crippen molar-refractivity contribution >= 4 is 29.1 Å². The van der Waals surface area contributed by atoms with E-state index in [1.54, 1.807) is 18.2 Å². The molecule has 16 heavy (non-hydrogen) atoms. The Hall–Kier alpha value is -0.770. The molecule has 1 aliphatic rings. The molecule has 1 amide bonds. The first-order chi connectivity index (χ1) is 7.54. The number of nitrogens with one attached hydrogen (secondary N) is 1. The summed E-state index contributed by atoms with van der Waals surface area (Å²) in [6.45, 7) is 0. The van der Waals surface area contributed by atoms with Crippen LogP contribution >= 0.6 is 23.2 Å². The predicted octanol–water partition coefficient (Wildman–Crippen LogP) is 2.21. The summed E-state index contributed by atoms with van der Waals surface area (Å²) in [5, 5.41) is 3.80. The zero-order chi connectivity index (χ0) is 11.7. The summed E-state index contributed by atoms with van der Waals surface area (Å²) < 4.78 is 0. The highest BCUT2D eigenvalue weighted by Gasteiger charge is 2.27. The highest BCUT2D eigenvalue weighted by Crippen LogP contribution is 2.21. The van der Waals surface area contributed by atoms with Gasteiger partial charge in [0.25, 0.3) is 5.91 Å². The lowest BCUT2D eigenvalue weighted by Gasteiger charge is -2.32. The molecule has 0 saturated heterocycles. The minimum Gasteiger partial charge on any atom is -0.349 e. The van der Waals surface area contributed by atoms with Crippen LogP contribution in [-0.4, -0.2) is 18.0 Å². The second kappa shape index (κ2) is 4.62. The summed E-state index contributed by atoms with van der Waals surface area (Å²) in [4.78, 5) is 11.8. The molecule has 1 saturated carbocycles. The van der Waals surface area contributed by atoms with Gasteiger partial charge in [0.2, 0.25) is 0 Å². The summed E-state index contributed by atoms with van der Waals surface area (Å²) in [7, 11) is 0. The van der Waals surface area contributed by atoms with E-state index >= 15 is 0 Å². The molecule has 0 unspecified atom stereocenters. The second-order valence-electron chi connectivity index (χ2n) is 4.06. The van der Waals surface area contributed by atoms with E-state index < -0.39 is 0 Å². The van der Waals surface area contributed by atoms with E-state index in [4.69, 9.17) is 28.9 Å². The lowest BCUT2D eigenvalue weighted by Crippen LogP contribution is -2.50. The van der Waals surface area contributed by atoms with Crippen LogP contribution in [0, 0.1) is 0 Å². The van der Waals surface area contributed by atoms with Crippen molar-refractivity contribution < 1.29 is 4.79 Å². The van der Waals surface area contributed by atoms with Crippen molar-refractivity contribution in [2.45, 2.75) is 24.9 Å². The maximum atomic E-state index is 11.8. The Labute approximate surface area is 104 Å². The maximum Gasteiger partial charge on any atom is 0.251 e. The van der Waals surface area contributed by atoms with Crippen LogP contribution < -0.4 is 11.1 Å². The van der Waals surface area contributed by atoms with Crippen LogP contribution in [0.1, 0.15) is 23.2 Å². The smallest absolute Gasteiger partial charge is 0.251 e. The zero-order valence-corrected chi connectivity index (χ0v) is 10.1. The zero-order valence-electron chi connectivity index (χ0n) is 8.54. The van der Waals surface area contributed by atoms with Crippen molar-refractivity contribution in [2.24, 2.45) is 5.73 Å². The van der Waals surface area contributed by atoms with Crippen molar-refractivity contribution in [3.63, 3.8) is 0 Å². The van der Waals surface area contributed by atoms with E-state index in [9.17, 15) is 4.79 Å². The molecule has 1 aromatic carbocycles. The summed E-state index contributed by atoms with van der Waals surface area (Å²) in [5.41, 5.74) is 6.12. The summed E-state index contributed by atoms with van der Waals surface area (Å²) >= 11 is 11.6. The number of halogens is 2. The van der Waals surface area contributed by atoms with Gasteiger partial charge >= 0.3 is 0 Å². The first-order valence-electron chi connectivity index (χ1n) is 5.07. The Morgan fingerprint density at radius 1 is 1.25 bits per heavy atom. The second-order valence-corrected chi connectivity index (χ2v) is 4.93. The first-order valence-corrected chi connectivity index (χ1v) is 5.83. The molecular weight excluding hydrogens is 247 g/mol. The molecule has 0 aliphatic heterocycles. The highest BCUT2D eigenvalue weighted by molar-refractivity contribution is 6.35. The monoisotopic (exact) mass is 258 g/mol. The Kier molecular flexibility index (Phi) is 3.38. The maximum absolute atomic E-state index is 11.8. The normalized spacial score (nSPS) is 23.7. The van der Waals surface area contributed by atoms with Crippen molar-refractivity contribution in [1.29, 1.82) is 0 Å². The molecule has 0 bridgehead atoms. The standard InChI is InChI=1S/C11H12Cl2N2O/c12-7-1-6(2-8(13)3-7)11(16)15-10-4-9(14)5-10/h1-3,9-10H,4-5,14H2,(H,15,16). The average molecular weight is 259 g/mol. The molecule has 0 atom stereocenters. The van der Waals surface area contributed by atoms with Crippen molar-refractivity contribution in [2.75, 3.05) is 0 Å². The van der Waals surface area contributed by atoms with E-state index in [-0.39, 0.29) is 18.0 Å². The molecule has 1 aromatic rings. The van der Waals surface area contributed by atoms with Gasteiger partial charge in [-0.3, -0.25) is 4.79 Å². The van der Waals surface area contributed by atoms with Crippen molar-refractivity contribution in [3.8, 4) is 0 Å². The number of amides is 1. The fourth-order valence-electron chi connectivity index (χ4n) is 1.73. The van der Waals surface area contributed by atoms with E-state index in [1.165, 1.54) is 0 Å². The average Bonchev–Trinajstić information content (AvgIpc) is 2.13. The number of carbonyl (C=O) groups is 1. The summed E-state index contributed by atoms with van der Waals surface area (Å²) in [6.07, 6.45) is 1.67. The SMILES string of the molecule is NC1CC(NC(=O)c2cc(Cl)cc(Cl)c2)C1. The van der Waals surface area contributed by atoms with Gasteiger partial charge < -0.3 is 11.1 Å². The molecule has 0 heterocycles. The van der Waals surface area contributed by atoms with E-state index in [1.807, 2.05) is 0 Å².